The van der Waals surface area contributed by atoms with Gasteiger partial charge in [-0.25, -0.2) is 4.79 Å². The maximum atomic E-state index is 11.6. The van der Waals surface area contributed by atoms with Crippen LogP contribution >= 0.6 is 34.8 Å². The van der Waals surface area contributed by atoms with Crippen LogP contribution in [0.1, 0.15) is 15.9 Å². The molecule has 2 rings (SSSR count). The van der Waals surface area contributed by atoms with Crippen LogP contribution < -0.4 is 14.9 Å². The number of aromatic carboxylic acids is 1. The summed E-state index contributed by atoms with van der Waals surface area (Å²) in [5, 5.41) is 14.4. The van der Waals surface area contributed by atoms with Gasteiger partial charge >= 0.3 is 5.97 Å². The van der Waals surface area contributed by atoms with E-state index in [4.69, 9.17) is 44.3 Å². The van der Waals surface area contributed by atoms with Crippen molar-refractivity contribution in [2.75, 3.05) is 19.6 Å². The first-order valence-electron chi connectivity index (χ1n) is 6.81. The van der Waals surface area contributed by atoms with Crippen molar-refractivity contribution in [3.8, 4) is 11.5 Å². The van der Waals surface area contributed by atoms with E-state index in [1.807, 2.05) is 0 Å². The lowest BCUT2D eigenvalue weighted by Gasteiger charge is -2.12. The Bertz CT molecular complexity index is 817. The second-order valence-corrected chi connectivity index (χ2v) is 5.94. The number of ether oxygens (including phenoxy) is 2. The van der Waals surface area contributed by atoms with E-state index in [-0.39, 0.29) is 21.4 Å². The summed E-state index contributed by atoms with van der Waals surface area (Å²) in [4.78, 5) is 11.6. The molecule has 0 heterocycles. The van der Waals surface area contributed by atoms with Gasteiger partial charge in [-0.05, 0) is 24.3 Å². The van der Waals surface area contributed by atoms with Crippen LogP contribution in [-0.4, -0.2) is 31.5 Å². The highest BCUT2D eigenvalue weighted by molar-refractivity contribution is 6.41. The zero-order chi connectivity index (χ0) is 18.6. The third-order valence-corrected chi connectivity index (χ3v) is 3.99. The average Bonchev–Trinajstić information content (AvgIpc) is 2.55. The van der Waals surface area contributed by atoms with E-state index < -0.39 is 5.97 Å². The smallest absolute Gasteiger partial charge is 0.340 e. The fraction of sp³-hybridized carbons (Fsp3) is 0.125. The number of halogens is 3. The number of nitrogens with zero attached hydrogens (tertiary/aromatic N) is 1. The molecule has 0 amide bonds. The standard InChI is InChI=1S/C16H13Cl3N2O4/c1-24-12-4-3-8(13(16(22)23)15(12)25-2)7-20-21-14-10(18)5-9(17)6-11(14)19/h3-7,21H,1-2H3,(H,22,23). The molecule has 25 heavy (non-hydrogen) atoms. The summed E-state index contributed by atoms with van der Waals surface area (Å²) < 4.78 is 10.2. The third-order valence-electron chi connectivity index (χ3n) is 3.18. The molecule has 6 nitrogen and oxygen atoms in total. The number of carboxylic acids is 1. The number of carboxylic acid groups (broad SMARTS) is 1. The van der Waals surface area contributed by atoms with E-state index in [1.165, 1.54) is 32.6 Å². The summed E-state index contributed by atoms with van der Waals surface area (Å²) in [6.07, 6.45) is 1.31. The van der Waals surface area contributed by atoms with Crippen molar-refractivity contribution in [1.82, 2.24) is 0 Å². The Kier molecular flexibility index (Phi) is 6.36. The lowest BCUT2D eigenvalue weighted by Crippen LogP contribution is -2.07. The van der Waals surface area contributed by atoms with Gasteiger partial charge in [-0.15, -0.1) is 0 Å². The summed E-state index contributed by atoms with van der Waals surface area (Å²) in [5.74, 6) is -0.782. The van der Waals surface area contributed by atoms with Crippen molar-refractivity contribution in [1.29, 1.82) is 0 Å². The van der Waals surface area contributed by atoms with Crippen LogP contribution in [0, 0.1) is 0 Å². The predicted molar refractivity (Wildman–Crippen MR) is 99.2 cm³/mol. The summed E-state index contributed by atoms with van der Waals surface area (Å²) in [7, 11) is 2.78. The fourth-order valence-electron chi connectivity index (χ4n) is 2.09. The lowest BCUT2D eigenvalue weighted by atomic mass is 10.1. The molecular formula is C16H13Cl3N2O4. The van der Waals surface area contributed by atoms with Crippen LogP contribution in [-0.2, 0) is 0 Å². The summed E-state index contributed by atoms with van der Waals surface area (Å²) in [6, 6.07) is 6.13. The maximum Gasteiger partial charge on any atom is 0.340 e. The Balaban J connectivity index is 2.37. The van der Waals surface area contributed by atoms with Gasteiger partial charge < -0.3 is 14.6 Å². The van der Waals surface area contributed by atoms with E-state index >= 15 is 0 Å². The normalized spacial score (nSPS) is 10.8. The Morgan fingerprint density at radius 1 is 1.16 bits per heavy atom. The molecule has 0 saturated carbocycles. The molecule has 0 aliphatic rings. The molecule has 0 saturated heterocycles. The largest absolute Gasteiger partial charge is 0.493 e. The number of hydrazone groups is 1. The lowest BCUT2D eigenvalue weighted by molar-refractivity contribution is 0.0692. The summed E-state index contributed by atoms with van der Waals surface area (Å²) in [5.41, 5.74) is 3.24. The minimum Gasteiger partial charge on any atom is -0.493 e. The van der Waals surface area contributed by atoms with Crippen molar-refractivity contribution in [2.24, 2.45) is 5.10 Å². The third kappa shape index (κ3) is 4.28. The molecule has 2 aromatic carbocycles. The first kappa shape index (κ1) is 19.2. The van der Waals surface area contributed by atoms with E-state index in [1.54, 1.807) is 12.1 Å². The van der Waals surface area contributed by atoms with Crippen LogP contribution in [0.25, 0.3) is 0 Å². The van der Waals surface area contributed by atoms with Crippen molar-refractivity contribution < 1.29 is 19.4 Å². The number of benzene rings is 2. The second-order valence-electron chi connectivity index (χ2n) is 4.68. The first-order chi connectivity index (χ1) is 11.9. The molecule has 9 heteroatoms. The van der Waals surface area contributed by atoms with Crippen LogP contribution in [0.15, 0.2) is 29.4 Å². The topological polar surface area (TPSA) is 80.2 Å². The average molecular weight is 404 g/mol. The first-order valence-corrected chi connectivity index (χ1v) is 7.94. The van der Waals surface area contributed by atoms with Crippen LogP contribution in [0.5, 0.6) is 11.5 Å². The van der Waals surface area contributed by atoms with E-state index in [0.717, 1.165) is 0 Å². The van der Waals surface area contributed by atoms with Crippen LogP contribution in [0.2, 0.25) is 15.1 Å². The van der Waals surface area contributed by atoms with Crippen LogP contribution in [0.4, 0.5) is 5.69 Å². The highest BCUT2D eigenvalue weighted by Gasteiger charge is 2.20. The van der Waals surface area contributed by atoms with Gasteiger partial charge in [-0.3, -0.25) is 5.43 Å². The highest BCUT2D eigenvalue weighted by Crippen LogP contribution is 2.34. The van der Waals surface area contributed by atoms with Gasteiger partial charge in [0.25, 0.3) is 0 Å². The summed E-state index contributed by atoms with van der Waals surface area (Å²) in [6.45, 7) is 0. The van der Waals surface area contributed by atoms with Gasteiger partial charge in [-0.1, -0.05) is 34.8 Å². The zero-order valence-electron chi connectivity index (χ0n) is 13.1. The monoisotopic (exact) mass is 402 g/mol. The molecule has 0 aromatic heterocycles. The summed E-state index contributed by atoms with van der Waals surface area (Å²) >= 11 is 17.9. The van der Waals surface area contributed by atoms with Crippen molar-refractivity contribution in [3.63, 3.8) is 0 Å². The highest BCUT2D eigenvalue weighted by atomic mass is 35.5. The Labute approximate surface area is 158 Å². The molecule has 0 atom stereocenters. The molecule has 0 aliphatic heterocycles. The fourth-order valence-corrected chi connectivity index (χ4v) is 2.99. The minimum atomic E-state index is -1.18. The number of methoxy groups -OCH3 is 2. The number of nitrogens with one attached hydrogen (secondary N) is 1. The quantitative estimate of drug-likeness (QED) is 0.534. The van der Waals surface area contributed by atoms with Gasteiger partial charge in [0.1, 0.15) is 5.56 Å². The van der Waals surface area contributed by atoms with Crippen molar-refractivity contribution in [3.05, 3.63) is 50.5 Å². The number of rotatable bonds is 6. The number of hydrogen-bond acceptors (Lipinski definition) is 5. The van der Waals surface area contributed by atoms with Gasteiger partial charge in [0.05, 0.1) is 36.2 Å². The molecule has 2 aromatic rings. The zero-order valence-corrected chi connectivity index (χ0v) is 15.4. The number of carbonyl (C=O) groups is 1. The molecule has 2 N–H and O–H groups in total. The molecule has 0 bridgehead atoms. The van der Waals surface area contributed by atoms with Crippen molar-refractivity contribution in [2.45, 2.75) is 0 Å². The SMILES string of the molecule is COc1ccc(C=NNc2c(Cl)cc(Cl)cc2Cl)c(C(=O)O)c1OC. The van der Waals surface area contributed by atoms with E-state index in [2.05, 4.69) is 10.5 Å². The minimum absolute atomic E-state index is 0.0827. The van der Waals surface area contributed by atoms with Gasteiger partial charge in [-0.2, -0.15) is 5.10 Å². The maximum absolute atomic E-state index is 11.6. The molecule has 0 radical (unpaired) electrons. The number of hydrogen-bond donors (Lipinski definition) is 2. The Morgan fingerprint density at radius 3 is 2.32 bits per heavy atom. The molecule has 0 unspecified atom stereocenters. The number of anilines is 1. The predicted octanol–water partition coefficient (Wildman–Crippen LogP) is 4.81. The Hall–Kier alpha value is -2.15. The van der Waals surface area contributed by atoms with Gasteiger partial charge in [0.2, 0.25) is 0 Å². The molecule has 0 aliphatic carbocycles. The Morgan fingerprint density at radius 2 is 1.80 bits per heavy atom. The molecule has 132 valence electrons. The van der Waals surface area contributed by atoms with E-state index in [0.29, 0.717) is 22.0 Å². The molecule has 0 spiro atoms. The second kappa shape index (κ2) is 8.29. The van der Waals surface area contributed by atoms with Crippen LogP contribution in [0.3, 0.4) is 0 Å². The van der Waals surface area contributed by atoms with E-state index in [9.17, 15) is 9.90 Å². The molecule has 0 fully saturated rings. The van der Waals surface area contributed by atoms with Gasteiger partial charge in [0.15, 0.2) is 11.5 Å². The van der Waals surface area contributed by atoms with Crippen molar-refractivity contribution >= 4 is 52.7 Å². The molecular weight excluding hydrogens is 391 g/mol. The van der Waals surface area contributed by atoms with Gasteiger partial charge in [0, 0.05) is 10.6 Å².